The number of carbonyl (C=O) groups is 2. The van der Waals surface area contributed by atoms with Crippen LogP contribution in [-0.4, -0.2) is 45.3 Å². The van der Waals surface area contributed by atoms with Crippen LogP contribution in [-0.2, 0) is 14.0 Å². The molecule has 0 spiro atoms. The summed E-state index contributed by atoms with van der Waals surface area (Å²) in [6.07, 6.45) is 2.14. The molecule has 1 aliphatic rings. The van der Waals surface area contributed by atoms with Gasteiger partial charge in [-0.15, -0.1) is 0 Å². The smallest absolute Gasteiger partial charge is 0.313 e. The molecule has 1 aliphatic heterocycles. The molecular formula is C12H24BNO3Si. The van der Waals surface area contributed by atoms with Gasteiger partial charge in [-0.3, -0.25) is 4.79 Å². The van der Waals surface area contributed by atoms with Crippen LogP contribution in [0.2, 0.25) is 18.1 Å². The van der Waals surface area contributed by atoms with E-state index in [9.17, 15) is 9.59 Å². The van der Waals surface area contributed by atoms with Gasteiger partial charge in [-0.2, -0.15) is 0 Å². The van der Waals surface area contributed by atoms with E-state index in [0.29, 0.717) is 13.0 Å². The van der Waals surface area contributed by atoms with Crippen molar-refractivity contribution in [3.8, 4) is 0 Å². The number of amides is 1. The Morgan fingerprint density at radius 2 is 2.11 bits per heavy atom. The molecule has 0 aromatic carbocycles. The predicted octanol–water partition coefficient (Wildman–Crippen LogP) is 1.54. The molecule has 0 bridgehead atoms. The van der Waals surface area contributed by atoms with Gasteiger partial charge >= 0.3 is 7.41 Å². The summed E-state index contributed by atoms with van der Waals surface area (Å²) in [5, 5.41) is 0.172. The number of rotatable bonds is 5. The lowest BCUT2D eigenvalue weighted by Crippen LogP contribution is -2.46. The van der Waals surface area contributed by atoms with Crippen LogP contribution < -0.4 is 0 Å². The van der Waals surface area contributed by atoms with Gasteiger partial charge in [-0.05, 0) is 24.6 Å². The molecule has 18 heavy (non-hydrogen) atoms. The number of nitrogens with zero attached hydrogens (tertiary/aromatic N) is 1. The van der Waals surface area contributed by atoms with Gasteiger partial charge in [0.05, 0.1) is 6.61 Å². The predicted molar refractivity (Wildman–Crippen MR) is 76.9 cm³/mol. The summed E-state index contributed by atoms with van der Waals surface area (Å²) in [5.74, 6) is 0.0749. The van der Waals surface area contributed by atoms with Gasteiger partial charge in [0, 0.05) is 12.5 Å². The summed E-state index contributed by atoms with van der Waals surface area (Å²) in [7, 11) is -1.57. The van der Waals surface area contributed by atoms with Crippen molar-refractivity contribution in [2.24, 2.45) is 0 Å². The Kier molecular flexibility index (Phi) is 4.78. The minimum atomic E-state index is -1.77. The fourth-order valence-corrected chi connectivity index (χ4v) is 2.86. The molecule has 1 rings (SSSR count). The van der Waals surface area contributed by atoms with Crippen molar-refractivity contribution < 1.29 is 14.0 Å². The minimum absolute atomic E-state index is 0.0749. The number of hydrogen-bond donors (Lipinski definition) is 0. The molecule has 0 aromatic rings. The van der Waals surface area contributed by atoms with Crippen molar-refractivity contribution in [1.29, 1.82) is 0 Å². The standard InChI is InChI=1S/C12H24BNO3Si/c1-12(2,3)18(4,5)17-8-10-6-7-11(16)14(10)13-9-15/h9-10,13H,6-8H2,1-5H3/t10-/m0/s1. The van der Waals surface area contributed by atoms with E-state index in [1.165, 1.54) is 0 Å². The zero-order valence-electron chi connectivity index (χ0n) is 12.2. The highest BCUT2D eigenvalue weighted by molar-refractivity contribution is 6.74. The number of hydrogen-bond acceptors (Lipinski definition) is 3. The molecule has 1 atom stereocenters. The van der Waals surface area contributed by atoms with Crippen LogP contribution in [0.3, 0.4) is 0 Å². The zero-order valence-corrected chi connectivity index (χ0v) is 13.2. The maximum absolute atomic E-state index is 11.6. The fourth-order valence-electron chi connectivity index (χ4n) is 1.82. The molecule has 0 aromatic heterocycles. The molecule has 0 aliphatic carbocycles. The molecule has 4 nitrogen and oxygen atoms in total. The minimum Gasteiger partial charge on any atom is -0.415 e. The molecule has 6 heteroatoms. The fraction of sp³-hybridized carbons (Fsp3) is 0.833. The normalized spacial score (nSPS) is 21.3. The summed E-state index contributed by atoms with van der Waals surface area (Å²) in [6.45, 7) is 11.6. The van der Waals surface area contributed by atoms with Crippen molar-refractivity contribution in [3.63, 3.8) is 0 Å². The van der Waals surface area contributed by atoms with E-state index in [2.05, 4.69) is 33.9 Å². The summed E-state index contributed by atoms with van der Waals surface area (Å²) in [4.78, 5) is 23.9. The third kappa shape index (κ3) is 3.45. The highest BCUT2D eigenvalue weighted by Gasteiger charge is 2.39. The third-order valence-electron chi connectivity index (χ3n) is 4.17. The Morgan fingerprint density at radius 1 is 1.50 bits per heavy atom. The van der Waals surface area contributed by atoms with Crippen LogP contribution in [0.1, 0.15) is 33.6 Å². The van der Waals surface area contributed by atoms with Crippen molar-refractivity contribution in [1.82, 2.24) is 4.81 Å². The molecule has 0 radical (unpaired) electrons. The van der Waals surface area contributed by atoms with Crippen LogP contribution in [0, 0.1) is 0 Å². The first-order valence-corrected chi connectivity index (χ1v) is 9.47. The van der Waals surface area contributed by atoms with Crippen LogP contribution in [0.4, 0.5) is 0 Å². The quantitative estimate of drug-likeness (QED) is 0.562. The Bertz CT molecular complexity index is 328. The molecule has 1 heterocycles. The van der Waals surface area contributed by atoms with E-state index in [0.717, 1.165) is 12.6 Å². The van der Waals surface area contributed by atoms with Gasteiger partial charge in [-0.25, -0.2) is 0 Å². The molecule has 1 fully saturated rings. The average Bonchev–Trinajstić information content (AvgIpc) is 2.57. The van der Waals surface area contributed by atoms with Gasteiger partial charge in [0.2, 0.25) is 5.91 Å². The van der Waals surface area contributed by atoms with E-state index in [1.807, 2.05) is 0 Å². The van der Waals surface area contributed by atoms with Gasteiger partial charge in [0.1, 0.15) is 6.19 Å². The topological polar surface area (TPSA) is 46.6 Å². The maximum atomic E-state index is 11.6. The van der Waals surface area contributed by atoms with Crippen LogP contribution in [0.15, 0.2) is 0 Å². The van der Waals surface area contributed by atoms with Crippen molar-refractivity contribution in [3.05, 3.63) is 0 Å². The lowest BCUT2D eigenvalue weighted by molar-refractivity contribution is -0.124. The number of carbonyl (C=O) groups excluding carboxylic acids is 2. The van der Waals surface area contributed by atoms with Gasteiger partial charge in [0.25, 0.3) is 0 Å². The maximum Gasteiger partial charge on any atom is 0.313 e. The highest BCUT2D eigenvalue weighted by Crippen LogP contribution is 2.37. The van der Waals surface area contributed by atoms with E-state index in [4.69, 9.17) is 4.43 Å². The van der Waals surface area contributed by atoms with Gasteiger partial charge < -0.3 is 14.0 Å². The van der Waals surface area contributed by atoms with E-state index in [-0.39, 0.29) is 24.4 Å². The largest absolute Gasteiger partial charge is 0.415 e. The third-order valence-corrected chi connectivity index (χ3v) is 8.67. The molecule has 0 unspecified atom stereocenters. The molecular weight excluding hydrogens is 245 g/mol. The van der Waals surface area contributed by atoms with E-state index >= 15 is 0 Å². The lowest BCUT2D eigenvalue weighted by atomic mass is 9.93. The SMILES string of the molecule is CC(C)(C)[Si](C)(C)OC[C@@H]1CCC(=O)N1BC=O. The average molecular weight is 269 g/mol. The van der Waals surface area contributed by atoms with Crippen LogP contribution in [0.5, 0.6) is 0 Å². The van der Waals surface area contributed by atoms with Crippen LogP contribution >= 0.6 is 0 Å². The van der Waals surface area contributed by atoms with Crippen molar-refractivity contribution in [2.45, 2.75) is 57.8 Å². The van der Waals surface area contributed by atoms with Crippen molar-refractivity contribution >= 4 is 27.8 Å². The van der Waals surface area contributed by atoms with Gasteiger partial charge in [-0.1, -0.05) is 20.8 Å². The Morgan fingerprint density at radius 3 is 2.61 bits per heavy atom. The second-order valence-electron chi connectivity index (χ2n) is 6.48. The summed E-state index contributed by atoms with van der Waals surface area (Å²) < 4.78 is 6.13. The first-order chi connectivity index (χ1) is 8.19. The Hall–Kier alpha value is -0.618. The van der Waals surface area contributed by atoms with Crippen LogP contribution in [0.25, 0.3) is 0 Å². The summed E-state index contributed by atoms with van der Waals surface area (Å²) in [5.41, 5.74) is 0. The molecule has 0 saturated carbocycles. The summed E-state index contributed by atoms with van der Waals surface area (Å²) >= 11 is 0. The first kappa shape index (κ1) is 15.4. The molecule has 102 valence electrons. The lowest BCUT2D eigenvalue weighted by Gasteiger charge is -2.37. The second kappa shape index (κ2) is 5.57. The van der Waals surface area contributed by atoms with Gasteiger partial charge in [0.15, 0.2) is 8.32 Å². The summed E-state index contributed by atoms with van der Waals surface area (Å²) in [6, 6.07) is 0.0804. The Balaban J connectivity index is 2.58. The first-order valence-electron chi connectivity index (χ1n) is 6.56. The van der Waals surface area contributed by atoms with E-state index < -0.39 is 8.32 Å². The highest BCUT2D eigenvalue weighted by atomic mass is 28.4. The molecule has 0 N–H and O–H groups in total. The van der Waals surface area contributed by atoms with Crippen molar-refractivity contribution in [2.75, 3.05) is 6.61 Å². The zero-order chi connectivity index (χ0) is 14.0. The molecule has 1 amide bonds. The monoisotopic (exact) mass is 269 g/mol. The van der Waals surface area contributed by atoms with E-state index in [1.54, 1.807) is 4.81 Å². The molecule has 1 saturated heterocycles. The Labute approximate surface area is 111 Å². The second-order valence-corrected chi connectivity index (χ2v) is 11.3.